The monoisotopic (exact) mass is 278 g/mol. The topological polar surface area (TPSA) is 73.6 Å². The average Bonchev–Trinajstić information content (AvgIpc) is 2.95. The minimum absolute atomic E-state index is 0.00409. The Hall–Kier alpha value is -1.43. The van der Waals surface area contributed by atoms with E-state index in [1.807, 2.05) is 31.2 Å². The molecule has 1 aliphatic heterocycles. The summed E-state index contributed by atoms with van der Waals surface area (Å²) in [6, 6.07) is 7.65. The zero-order chi connectivity index (χ0) is 14.4. The summed E-state index contributed by atoms with van der Waals surface area (Å²) in [4.78, 5) is 12.2. The fraction of sp³-hybridized carbons (Fsp3) is 0.533. The van der Waals surface area contributed by atoms with Crippen LogP contribution in [0.5, 0.6) is 0 Å². The van der Waals surface area contributed by atoms with E-state index in [4.69, 9.17) is 15.2 Å². The van der Waals surface area contributed by atoms with Crippen LogP contribution in [-0.4, -0.2) is 31.3 Å². The van der Waals surface area contributed by atoms with Crippen molar-refractivity contribution < 1.29 is 14.3 Å². The van der Waals surface area contributed by atoms with E-state index < -0.39 is 6.10 Å². The van der Waals surface area contributed by atoms with Gasteiger partial charge in [0.1, 0.15) is 6.10 Å². The third kappa shape index (κ3) is 3.79. The number of amides is 1. The van der Waals surface area contributed by atoms with Crippen LogP contribution < -0.4 is 11.1 Å². The van der Waals surface area contributed by atoms with Gasteiger partial charge in [0.15, 0.2) is 0 Å². The van der Waals surface area contributed by atoms with Crippen molar-refractivity contribution in [1.82, 2.24) is 0 Å². The summed E-state index contributed by atoms with van der Waals surface area (Å²) in [6.45, 7) is 3.54. The molecule has 20 heavy (non-hydrogen) atoms. The van der Waals surface area contributed by atoms with Crippen molar-refractivity contribution in [2.45, 2.75) is 38.6 Å². The van der Waals surface area contributed by atoms with E-state index in [-0.39, 0.29) is 12.0 Å². The van der Waals surface area contributed by atoms with E-state index in [9.17, 15) is 4.79 Å². The quantitative estimate of drug-likeness (QED) is 0.830. The Kier molecular flexibility index (Phi) is 5.52. The minimum Gasteiger partial charge on any atom is -0.377 e. The average molecular weight is 278 g/mol. The van der Waals surface area contributed by atoms with Gasteiger partial charge in [0.25, 0.3) is 5.91 Å². The molecule has 5 nitrogen and oxygen atoms in total. The van der Waals surface area contributed by atoms with Crippen LogP contribution in [0, 0.1) is 0 Å². The Morgan fingerprint density at radius 2 is 2.25 bits per heavy atom. The highest BCUT2D eigenvalue weighted by Crippen LogP contribution is 2.22. The Balaban J connectivity index is 1.97. The second-order valence-corrected chi connectivity index (χ2v) is 4.84. The predicted molar refractivity (Wildman–Crippen MR) is 77.4 cm³/mol. The number of hydrogen-bond donors (Lipinski definition) is 2. The Labute approximate surface area is 119 Å². The molecule has 1 saturated heterocycles. The van der Waals surface area contributed by atoms with Crippen molar-refractivity contribution in [3.05, 3.63) is 29.8 Å². The Bertz CT molecular complexity index is 450. The van der Waals surface area contributed by atoms with Gasteiger partial charge in [-0.2, -0.15) is 0 Å². The molecule has 0 aromatic heterocycles. The fourth-order valence-corrected chi connectivity index (χ4v) is 2.27. The fourth-order valence-electron chi connectivity index (χ4n) is 2.27. The molecule has 1 fully saturated rings. The standard InChI is InChI=1S/C15H22N2O3/c1-2-19-10-11-5-3-4-6-13(11)17-15(18)14-8-7-12(9-16)20-14/h3-6,12,14H,2,7-10,16H2,1H3,(H,17,18). The minimum atomic E-state index is -0.399. The molecule has 1 aliphatic rings. The number of rotatable bonds is 6. The molecule has 1 amide bonds. The molecule has 2 rings (SSSR count). The summed E-state index contributed by atoms with van der Waals surface area (Å²) < 4.78 is 11.0. The first kappa shape index (κ1) is 15.0. The van der Waals surface area contributed by atoms with Crippen LogP contribution in [0.2, 0.25) is 0 Å². The van der Waals surface area contributed by atoms with E-state index in [1.165, 1.54) is 0 Å². The molecular formula is C15H22N2O3. The third-order valence-corrected chi connectivity index (χ3v) is 3.40. The van der Waals surface area contributed by atoms with E-state index in [2.05, 4.69) is 5.32 Å². The molecule has 1 heterocycles. The first-order valence-corrected chi connectivity index (χ1v) is 7.06. The number of carbonyl (C=O) groups excluding carboxylic acids is 1. The number of anilines is 1. The SMILES string of the molecule is CCOCc1ccccc1NC(=O)C1CCC(CN)O1. The molecule has 0 spiro atoms. The van der Waals surface area contributed by atoms with Gasteiger partial charge in [0.2, 0.25) is 0 Å². The number of hydrogen-bond acceptors (Lipinski definition) is 4. The van der Waals surface area contributed by atoms with Crippen LogP contribution in [0.15, 0.2) is 24.3 Å². The van der Waals surface area contributed by atoms with Crippen LogP contribution in [0.3, 0.4) is 0 Å². The maximum atomic E-state index is 12.2. The molecule has 5 heteroatoms. The van der Waals surface area contributed by atoms with Crippen LogP contribution in [0.4, 0.5) is 5.69 Å². The van der Waals surface area contributed by atoms with E-state index in [0.717, 1.165) is 24.1 Å². The van der Waals surface area contributed by atoms with Crippen molar-refractivity contribution in [2.24, 2.45) is 5.73 Å². The van der Waals surface area contributed by atoms with Crippen molar-refractivity contribution in [2.75, 3.05) is 18.5 Å². The molecule has 0 aliphatic carbocycles. The number of nitrogens with one attached hydrogen (secondary N) is 1. The lowest BCUT2D eigenvalue weighted by Gasteiger charge is -2.15. The summed E-state index contributed by atoms with van der Waals surface area (Å²) in [5.41, 5.74) is 7.31. The lowest BCUT2D eigenvalue weighted by molar-refractivity contribution is -0.126. The van der Waals surface area contributed by atoms with Gasteiger partial charge in [-0.25, -0.2) is 0 Å². The van der Waals surface area contributed by atoms with Gasteiger partial charge in [0, 0.05) is 24.4 Å². The smallest absolute Gasteiger partial charge is 0.253 e. The lowest BCUT2D eigenvalue weighted by atomic mass is 10.1. The van der Waals surface area contributed by atoms with Gasteiger partial charge < -0.3 is 20.5 Å². The highest BCUT2D eigenvalue weighted by atomic mass is 16.5. The van der Waals surface area contributed by atoms with E-state index in [1.54, 1.807) is 0 Å². The van der Waals surface area contributed by atoms with Gasteiger partial charge in [-0.15, -0.1) is 0 Å². The van der Waals surface area contributed by atoms with Gasteiger partial charge in [-0.3, -0.25) is 4.79 Å². The maximum absolute atomic E-state index is 12.2. The van der Waals surface area contributed by atoms with Crippen LogP contribution in [0.1, 0.15) is 25.3 Å². The van der Waals surface area contributed by atoms with Crippen molar-refractivity contribution in [3.63, 3.8) is 0 Å². The second-order valence-electron chi connectivity index (χ2n) is 4.84. The highest BCUT2D eigenvalue weighted by molar-refractivity contribution is 5.95. The molecular weight excluding hydrogens is 256 g/mol. The molecule has 0 bridgehead atoms. The molecule has 3 N–H and O–H groups in total. The van der Waals surface area contributed by atoms with Gasteiger partial charge >= 0.3 is 0 Å². The zero-order valence-electron chi connectivity index (χ0n) is 11.8. The third-order valence-electron chi connectivity index (χ3n) is 3.40. The van der Waals surface area contributed by atoms with Gasteiger partial charge in [0.05, 0.1) is 12.7 Å². The number of ether oxygens (including phenoxy) is 2. The Morgan fingerprint density at radius 3 is 2.95 bits per heavy atom. The molecule has 0 radical (unpaired) electrons. The normalized spacial score (nSPS) is 21.9. The van der Waals surface area contributed by atoms with Gasteiger partial charge in [-0.05, 0) is 25.8 Å². The molecule has 2 atom stereocenters. The lowest BCUT2D eigenvalue weighted by Crippen LogP contribution is -2.30. The summed E-state index contributed by atoms with van der Waals surface area (Å²) in [6.07, 6.45) is 1.17. The number of nitrogens with two attached hydrogens (primary N) is 1. The van der Waals surface area contributed by atoms with Crippen molar-refractivity contribution >= 4 is 11.6 Å². The predicted octanol–water partition coefficient (Wildman–Crippen LogP) is 1.67. The summed E-state index contributed by atoms with van der Waals surface area (Å²) in [7, 11) is 0. The van der Waals surface area contributed by atoms with Crippen molar-refractivity contribution in [1.29, 1.82) is 0 Å². The largest absolute Gasteiger partial charge is 0.377 e. The van der Waals surface area contributed by atoms with Crippen LogP contribution in [0.25, 0.3) is 0 Å². The molecule has 0 saturated carbocycles. The number of para-hydroxylation sites is 1. The first-order valence-electron chi connectivity index (χ1n) is 7.06. The van der Waals surface area contributed by atoms with Crippen molar-refractivity contribution in [3.8, 4) is 0 Å². The maximum Gasteiger partial charge on any atom is 0.253 e. The summed E-state index contributed by atoms with van der Waals surface area (Å²) >= 11 is 0. The van der Waals surface area contributed by atoms with Crippen LogP contribution >= 0.6 is 0 Å². The zero-order valence-corrected chi connectivity index (χ0v) is 11.8. The molecule has 1 aromatic rings. The summed E-state index contributed by atoms with van der Waals surface area (Å²) in [5, 5.41) is 2.92. The van der Waals surface area contributed by atoms with Gasteiger partial charge in [-0.1, -0.05) is 18.2 Å². The van der Waals surface area contributed by atoms with Crippen LogP contribution in [-0.2, 0) is 20.9 Å². The highest BCUT2D eigenvalue weighted by Gasteiger charge is 2.30. The number of carbonyl (C=O) groups is 1. The second kappa shape index (κ2) is 7.38. The summed E-state index contributed by atoms with van der Waals surface area (Å²) in [5.74, 6) is -0.107. The molecule has 1 aromatic carbocycles. The first-order chi connectivity index (χ1) is 9.74. The molecule has 110 valence electrons. The van der Waals surface area contributed by atoms with E-state index in [0.29, 0.717) is 19.8 Å². The molecule has 2 unspecified atom stereocenters. The number of benzene rings is 1. The van der Waals surface area contributed by atoms with E-state index >= 15 is 0 Å². The Morgan fingerprint density at radius 1 is 1.45 bits per heavy atom.